The second-order valence-electron chi connectivity index (χ2n) is 8.99. The molecule has 0 saturated carbocycles. The summed E-state index contributed by atoms with van der Waals surface area (Å²) in [6.07, 6.45) is 7.37. The van der Waals surface area contributed by atoms with Crippen molar-refractivity contribution in [3.05, 3.63) is 29.8 Å². The Balaban J connectivity index is 1.30. The van der Waals surface area contributed by atoms with Crippen molar-refractivity contribution in [2.45, 2.75) is 58.0 Å². The van der Waals surface area contributed by atoms with Crippen LogP contribution in [0.5, 0.6) is 11.5 Å². The van der Waals surface area contributed by atoms with Gasteiger partial charge in [0.2, 0.25) is 12.7 Å². The van der Waals surface area contributed by atoms with Crippen LogP contribution in [-0.2, 0) is 6.54 Å². The fourth-order valence-electron chi connectivity index (χ4n) is 4.73. The topological polar surface area (TPSA) is 74.8 Å². The average Bonchev–Trinajstić information content (AvgIpc) is 3.31. The van der Waals surface area contributed by atoms with Crippen molar-refractivity contribution in [3.8, 4) is 11.5 Å². The zero-order valence-corrected chi connectivity index (χ0v) is 20.0. The van der Waals surface area contributed by atoms with E-state index in [1.54, 1.807) is 0 Å². The van der Waals surface area contributed by atoms with E-state index in [-0.39, 0.29) is 6.79 Å². The minimum atomic E-state index is 0.273. The first-order chi connectivity index (χ1) is 16.2. The molecule has 2 N–H and O–H groups in total. The molecule has 33 heavy (non-hydrogen) atoms. The largest absolute Gasteiger partial charge is 0.454 e. The summed E-state index contributed by atoms with van der Waals surface area (Å²) in [6.45, 7) is 6.24. The van der Waals surface area contributed by atoms with Gasteiger partial charge in [0.25, 0.3) is 0 Å². The molecule has 1 aromatic heterocycles. The minimum Gasteiger partial charge on any atom is -0.454 e. The summed E-state index contributed by atoms with van der Waals surface area (Å²) in [4.78, 5) is 14.5. The van der Waals surface area contributed by atoms with Gasteiger partial charge in [-0.15, -0.1) is 0 Å². The molecule has 0 amide bonds. The Kier molecular flexibility index (Phi) is 6.66. The van der Waals surface area contributed by atoms with Gasteiger partial charge in [-0.3, -0.25) is 0 Å². The number of piperidine rings is 2. The van der Waals surface area contributed by atoms with Crippen LogP contribution in [-0.4, -0.2) is 47.5 Å². The summed E-state index contributed by atoms with van der Waals surface area (Å²) >= 11 is 5.57. The number of nitrogens with one attached hydrogen (secondary N) is 2. The number of nitrogens with zero attached hydrogens (tertiary/aromatic N) is 4. The SMILES string of the molecule is C[C@@H]1CCCCN1c1cc(N2CCCCC2)nc(NC(=S)NCc2ccc3c(c2)OCO3)n1. The Morgan fingerprint density at radius 2 is 1.79 bits per heavy atom. The van der Waals surface area contributed by atoms with Crippen LogP contribution in [0.4, 0.5) is 17.6 Å². The normalized spacial score (nSPS) is 20.0. The number of anilines is 3. The molecule has 0 bridgehead atoms. The summed E-state index contributed by atoms with van der Waals surface area (Å²) in [5, 5.41) is 6.99. The summed E-state index contributed by atoms with van der Waals surface area (Å²) in [5.74, 6) is 4.07. The third-order valence-electron chi connectivity index (χ3n) is 6.59. The van der Waals surface area contributed by atoms with E-state index in [2.05, 4.69) is 33.4 Å². The predicted octanol–water partition coefficient (Wildman–Crippen LogP) is 4.06. The van der Waals surface area contributed by atoms with Crippen molar-refractivity contribution in [2.24, 2.45) is 0 Å². The van der Waals surface area contributed by atoms with Crippen molar-refractivity contribution in [3.63, 3.8) is 0 Å². The molecule has 0 radical (unpaired) electrons. The Bertz CT molecular complexity index is 997. The van der Waals surface area contributed by atoms with Crippen molar-refractivity contribution in [1.29, 1.82) is 0 Å². The molecule has 3 aliphatic heterocycles. The summed E-state index contributed by atoms with van der Waals surface area (Å²) < 4.78 is 10.8. The summed E-state index contributed by atoms with van der Waals surface area (Å²) in [6, 6.07) is 8.54. The fourth-order valence-corrected chi connectivity index (χ4v) is 4.89. The predicted molar refractivity (Wildman–Crippen MR) is 134 cm³/mol. The van der Waals surface area contributed by atoms with Gasteiger partial charge in [-0.25, -0.2) is 0 Å². The molecule has 9 heteroatoms. The lowest BCUT2D eigenvalue weighted by molar-refractivity contribution is 0.174. The maximum Gasteiger partial charge on any atom is 0.232 e. The molecule has 176 valence electrons. The molecule has 8 nitrogen and oxygen atoms in total. The molecule has 2 saturated heterocycles. The molecule has 0 unspecified atom stereocenters. The second-order valence-corrected chi connectivity index (χ2v) is 9.40. The first kappa shape index (κ1) is 22.0. The van der Waals surface area contributed by atoms with Crippen LogP contribution < -0.4 is 29.9 Å². The van der Waals surface area contributed by atoms with E-state index in [9.17, 15) is 0 Å². The molecule has 3 aliphatic rings. The summed E-state index contributed by atoms with van der Waals surface area (Å²) in [7, 11) is 0. The van der Waals surface area contributed by atoms with Gasteiger partial charge in [-0.2, -0.15) is 9.97 Å². The lowest BCUT2D eigenvalue weighted by atomic mass is 10.0. The number of aromatic nitrogens is 2. The van der Waals surface area contributed by atoms with Crippen molar-refractivity contribution >= 4 is 34.9 Å². The molecule has 0 spiro atoms. The van der Waals surface area contributed by atoms with E-state index in [1.807, 2.05) is 18.2 Å². The van der Waals surface area contributed by atoms with Crippen molar-refractivity contribution in [1.82, 2.24) is 15.3 Å². The standard InChI is InChI=1S/C24H32N6O2S/c1-17-7-3-6-12-30(17)22-14-21(29-10-4-2-5-11-29)26-23(27-22)28-24(33)25-15-18-8-9-19-20(13-18)32-16-31-19/h8-9,13-14,17H,2-7,10-12,15-16H2,1H3,(H2,25,26,27,28,33)/t17-/m1/s1. The number of benzene rings is 1. The van der Waals surface area contributed by atoms with Crippen LogP contribution in [0.3, 0.4) is 0 Å². The molecule has 0 aliphatic carbocycles. The first-order valence-electron chi connectivity index (χ1n) is 12.0. The minimum absolute atomic E-state index is 0.273. The van der Waals surface area contributed by atoms with Gasteiger partial charge in [0.05, 0.1) is 0 Å². The molecule has 1 aromatic carbocycles. The lowest BCUT2D eigenvalue weighted by Gasteiger charge is -2.35. The highest BCUT2D eigenvalue weighted by Crippen LogP contribution is 2.32. The van der Waals surface area contributed by atoms with Crippen molar-refractivity contribution < 1.29 is 9.47 Å². The monoisotopic (exact) mass is 468 g/mol. The maximum atomic E-state index is 5.57. The lowest BCUT2D eigenvalue weighted by Crippen LogP contribution is -2.39. The highest BCUT2D eigenvalue weighted by molar-refractivity contribution is 7.80. The third-order valence-corrected chi connectivity index (χ3v) is 6.84. The molecule has 2 fully saturated rings. The smallest absolute Gasteiger partial charge is 0.232 e. The second kappa shape index (κ2) is 9.99. The quantitative estimate of drug-likeness (QED) is 0.632. The van der Waals surface area contributed by atoms with Crippen molar-refractivity contribution in [2.75, 3.05) is 41.5 Å². The van der Waals surface area contributed by atoms with E-state index >= 15 is 0 Å². The Hall–Kier alpha value is -2.81. The fraction of sp³-hybridized carbons (Fsp3) is 0.542. The Morgan fingerprint density at radius 1 is 1.00 bits per heavy atom. The zero-order chi connectivity index (χ0) is 22.6. The molecule has 5 rings (SSSR count). The van der Waals surface area contributed by atoms with Gasteiger partial charge in [0, 0.05) is 38.3 Å². The number of ether oxygens (including phenoxy) is 2. The highest BCUT2D eigenvalue weighted by Gasteiger charge is 2.23. The average molecular weight is 469 g/mol. The first-order valence-corrected chi connectivity index (χ1v) is 12.4. The molecule has 4 heterocycles. The van der Waals surface area contributed by atoms with Crippen LogP contribution in [0.15, 0.2) is 24.3 Å². The van der Waals surface area contributed by atoms with Gasteiger partial charge in [-0.1, -0.05) is 6.07 Å². The molecular weight excluding hydrogens is 436 g/mol. The maximum absolute atomic E-state index is 5.57. The number of hydrogen-bond donors (Lipinski definition) is 2. The van der Waals surface area contributed by atoms with E-state index in [4.69, 9.17) is 31.7 Å². The van der Waals surface area contributed by atoms with Crippen LogP contribution in [0, 0.1) is 0 Å². The van der Waals surface area contributed by atoms with Crippen LogP contribution in [0.2, 0.25) is 0 Å². The highest BCUT2D eigenvalue weighted by atomic mass is 32.1. The van der Waals surface area contributed by atoms with Gasteiger partial charge < -0.3 is 29.9 Å². The van der Waals surface area contributed by atoms with Crippen LogP contribution in [0.1, 0.15) is 51.0 Å². The van der Waals surface area contributed by atoms with E-state index < -0.39 is 0 Å². The van der Waals surface area contributed by atoms with Gasteiger partial charge in [-0.05, 0) is 75.4 Å². The van der Waals surface area contributed by atoms with E-state index in [0.717, 1.165) is 48.3 Å². The van der Waals surface area contributed by atoms with Crippen LogP contribution >= 0.6 is 12.2 Å². The molecule has 1 atom stereocenters. The Morgan fingerprint density at radius 3 is 2.64 bits per heavy atom. The summed E-state index contributed by atoms with van der Waals surface area (Å²) in [5.41, 5.74) is 1.06. The van der Waals surface area contributed by atoms with Crippen LogP contribution in [0.25, 0.3) is 0 Å². The third kappa shape index (κ3) is 5.24. The Labute approximate surface area is 200 Å². The van der Waals surface area contributed by atoms with Gasteiger partial charge in [0.1, 0.15) is 11.6 Å². The number of fused-ring (bicyclic) bond motifs is 1. The number of rotatable bonds is 5. The van der Waals surface area contributed by atoms with Gasteiger partial charge in [0.15, 0.2) is 16.6 Å². The van der Waals surface area contributed by atoms with Gasteiger partial charge >= 0.3 is 0 Å². The number of thiocarbonyl (C=S) groups is 1. The van der Waals surface area contributed by atoms with E-state index in [1.165, 1.54) is 38.5 Å². The van der Waals surface area contributed by atoms with E-state index in [0.29, 0.717) is 23.6 Å². The molecule has 2 aromatic rings. The molecular formula is C24H32N6O2S. The zero-order valence-electron chi connectivity index (χ0n) is 19.2. The number of hydrogen-bond acceptors (Lipinski definition) is 7.